The van der Waals surface area contributed by atoms with Crippen LogP contribution in [-0.4, -0.2) is 35.1 Å². The average molecular weight is 340 g/mol. The molecule has 0 heterocycles. The Kier molecular flexibility index (Phi) is 11.3. The molecule has 2 rings (SSSR count). The smallest absolute Gasteiger partial charge is 0.0892 e. The van der Waals surface area contributed by atoms with Gasteiger partial charge in [-0.2, -0.15) is 0 Å². The van der Waals surface area contributed by atoms with Crippen LogP contribution in [0.1, 0.15) is 117 Å². The van der Waals surface area contributed by atoms with Crippen LogP contribution in [0.4, 0.5) is 0 Å². The van der Waals surface area contributed by atoms with Crippen LogP contribution < -0.4 is 0 Å². The Morgan fingerprint density at radius 1 is 0.583 bits per heavy atom. The van der Waals surface area contributed by atoms with Crippen molar-refractivity contribution in [1.29, 1.82) is 0 Å². The van der Waals surface area contributed by atoms with Gasteiger partial charge in [0, 0.05) is 0 Å². The number of hydrogen-bond donors (Lipinski definition) is 0. The van der Waals surface area contributed by atoms with Gasteiger partial charge in [0.05, 0.1) is 25.2 Å². The fraction of sp³-hybridized carbons (Fsp3) is 1.00. The van der Waals surface area contributed by atoms with Crippen LogP contribution in [0.5, 0.6) is 0 Å². The maximum absolute atomic E-state index is 2.37. The first kappa shape index (κ1) is 22.0. The molecular formula is C22H45NO. The Balaban J connectivity index is 0.00000288. The molecule has 2 heteroatoms. The van der Waals surface area contributed by atoms with Crippen LogP contribution in [0, 0.1) is 0 Å². The van der Waals surface area contributed by atoms with Gasteiger partial charge in [0.15, 0.2) is 0 Å². The molecule has 0 aromatic carbocycles. The molecule has 2 fully saturated rings. The van der Waals surface area contributed by atoms with Gasteiger partial charge in [-0.25, -0.2) is 0 Å². The van der Waals surface area contributed by atoms with E-state index in [-0.39, 0.29) is 5.48 Å². The van der Waals surface area contributed by atoms with Crippen LogP contribution in [0.2, 0.25) is 0 Å². The summed E-state index contributed by atoms with van der Waals surface area (Å²) < 4.78 is 1.56. The molecule has 0 aliphatic heterocycles. The van der Waals surface area contributed by atoms with Gasteiger partial charge < -0.3 is 9.96 Å². The largest absolute Gasteiger partial charge is 0.870 e. The molecule has 144 valence electrons. The number of unbranched alkanes of at least 4 members (excludes halogenated alkanes) is 4. The van der Waals surface area contributed by atoms with Crippen LogP contribution in [0.15, 0.2) is 0 Å². The normalized spacial score (nSPS) is 20.8. The van der Waals surface area contributed by atoms with Gasteiger partial charge in [0.2, 0.25) is 0 Å². The number of rotatable bonds is 10. The van der Waals surface area contributed by atoms with E-state index >= 15 is 0 Å². The quantitative estimate of drug-likeness (QED) is 0.323. The summed E-state index contributed by atoms with van der Waals surface area (Å²) in [6, 6.07) is 2.03. The molecule has 2 nitrogen and oxygen atoms in total. The Bertz CT molecular complexity index is 262. The summed E-state index contributed by atoms with van der Waals surface area (Å²) in [7, 11) is 0. The van der Waals surface area contributed by atoms with E-state index < -0.39 is 0 Å². The van der Waals surface area contributed by atoms with Gasteiger partial charge in [-0.05, 0) is 77.0 Å². The lowest BCUT2D eigenvalue weighted by molar-refractivity contribution is -0.976. The molecular weight excluding hydrogens is 294 g/mol. The molecule has 0 aromatic rings. The van der Waals surface area contributed by atoms with Crippen molar-refractivity contribution >= 4 is 0 Å². The highest BCUT2D eigenvalue weighted by Crippen LogP contribution is 2.38. The monoisotopic (exact) mass is 339 g/mol. The van der Waals surface area contributed by atoms with Gasteiger partial charge in [-0.1, -0.05) is 39.5 Å². The third-order valence-corrected chi connectivity index (χ3v) is 6.96. The first-order chi connectivity index (χ1) is 11.3. The minimum Gasteiger partial charge on any atom is -0.870 e. The first-order valence-electron chi connectivity index (χ1n) is 11.2. The molecule has 0 amide bonds. The zero-order valence-corrected chi connectivity index (χ0v) is 16.8. The minimum absolute atomic E-state index is 0. The molecule has 0 atom stereocenters. The van der Waals surface area contributed by atoms with E-state index in [0.717, 1.165) is 12.1 Å². The highest BCUT2D eigenvalue weighted by atomic mass is 16.0. The summed E-state index contributed by atoms with van der Waals surface area (Å²) in [6.07, 6.45) is 23.8. The molecule has 0 bridgehead atoms. The van der Waals surface area contributed by atoms with Crippen molar-refractivity contribution in [3.8, 4) is 0 Å². The van der Waals surface area contributed by atoms with Crippen LogP contribution in [0.3, 0.4) is 0 Å². The van der Waals surface area contributed by atoms with Crippen molar-refractivity contribution in [2.75, 3.05) is 13.1 Å². The van der Waals surface area contributed by atoms with E-state index in [9.17, 15) is 0 Å². The summed E-state index contributed by atoms with van der Waals surface area (Å²) >= 11 is 0. The van der Waals surface area contributed by atoms with E-state index in [1.807, 2.05) is 0 Å². The Labute approximate surface area is 152 Å². The van der Waals surface area contributed by atoms with Crippen LogP contribution in [-0.2, 0) is 0 Å². The van der Waals surface area contributed by atoms with Gasteiger partial charge in [-0.3, -0.25) is 0 Å². The maximum atomic E-state index is 2.37. The van der Waals surface area contributed by atoms with Crippen molar-refractivity contribution in [3.63, 3.8) is 0 Å². The van der Waals surface area contributed by atoms with E-state index in [0.29, 0.717) is 0 Å². The standard InChI is InChI=1S/C22H44N.H2O/c1-3-5-13-19-23(20-14-6-4-2,21-15-9-7-10-16-21)22-17-11-8-12-18-22;/h21-22H,3-20H2,1-2H3;1H2/q+1;/p-1. The second-order valence-electron chi connectivity index (χ2n) is 8.55. The Morgan fingerprint density at radius 2 is 0.958 bits per heavy atom. The lowest BCUT2D eigenvalue weighted by atomic mass is 9.84. The summed E-state index contributed by atoms with van der Waals surface area (Å²) in [5.74, 6) is 0. The average Bonchev–Trinajstić information content (AvgIpc) is 2.62. The second-order valence-corrected chi connectivity index (χ2v) is 8.55. The Hall–Kier alpha value is -0.0800. The lowest BCUT2D eigenvalue weighted by Gasteiger charge is -2.53. The highest BCUT2D eigenvalue weighted by molar-refractivity contribution is 4.75. The van der Waals surface area contributed by atoms with Crippen molar-refractivity contribution in [2.24, 2.45) is 0 Å². The molecule has 0 radical (unpaired) electrons. The van der Waals surface area contributed by atoms with Crippen molar-refractivity contribution < 1.29 is 9.96 Å². The van der Waals surface area contributed by atoms with Gasteiger partial charge >= 0.3 is 0 Å². The predicted molar refractivity (Wildman–Crippen MR) is 105 cm³/mol. The maximum Gasteiger partial charge on any atom is 0.0892 e. The summed E-state index contributed by atoms with van der Waals surface area (Å²) in [5, 5.41) is 0. The number of hydrogen-bond acceptors (Lipinski definition) is 1. The van der Waals surface area contributed by atoms with Crippen molar-refractivity contribution in [3.05, 3.63) is 0 Å². The highest BCUT2D eigenvalue weighted by Gasteiger charge is 2.43. The van der Waals surface area contributed by atoms with E-state index in [1.165, 1.54) is 116 Å². The molecule has 0 spiro atoms. The van der Waals surface area contributed by atoms with Crippen molar-refractivity contribution in [2.45, 2.75) is 129 Å². The van der Waals surface area contributed by atoms with Crippen LogP contribution in [0.25, 0.3) is 0 Å². The fourth-order valence-electron chi connectivity index (χ4n) is 5.64. The molecule has 2 aliphatic rings. The predicted octanol–water partition coefficient (Wildman–Crippen LogP) is 6.67. The van der Waals surface area contributed by atoms with E-state index in [4.69, 9.17) is 0 Å². The second kappa shape index (κ2) is 12.3. The van der Waals surface area contributed by atoms with Crippen molar-refractivity contribution in [1.82, 2.24) is 0 Å². The lowest BCUT2D eigenvalue weighted by Crippen LogP contribution is -2.63. The molecule has 2 saturated carbocycles. The first-order valence-corrected chi connectivity index (χ1v) is 11.2. The van der Waals surface area contributed by atoms with Crippen LogP contribution >= 0.6 is 0 Å². The molecule has 0 aromatic heterocycles. The molecule has 2 aliphatic carbocycles. The molecule has 1 N–H and O–H groups in total. The minimum atomic E-state index is 0. The summed E-state index contributed by atoms with van der Waals surface area (Å²) in [6.45, 7) is 7.75. The molecule has 24 heavy (non-hydrogen) atoms. The molecule has 0 saturated heterocycles. The van der Waals surface area contributed by atoms with Gasteiger partial charge in [0.25, 0.3) is 0 Å². The Morgan fingerprint density at radius 3 is 1.29 bits per heavy atom. The van der Waals surface area contributed by atoms with E-state index in [1.54, 1.807) is 4.48 Å². The third-order valence-electron chi connectivity index (χ3n) is 6.96. The number of nitrogens with zero attached hydrogens (tertiary/aromatic N) is 1. The fourth-order valence-corrected chi connectivity index (χ4v) is 5.64. The van der Waals surface area contributed by atoms with E-state index in [2.05, 4.69) is 13.8 Å². The molecule has 0 unspecified atom stereocenters. The number of quaternary nitrogens is 1. The van der Waals surface area contributed by atoms with Gasteiger partial charge in [-0.15, -0.1) is 0 Å². The SMILES string of the molecule is CCCCC[N+](CCCCC)(C1CCCCC1)C1CCCCC1.[OH-]. The topological polar surface area (TPSA) is 30.0 Å². The summed E-state index contributed by atoms with van der Waals surface area (Å²) in [5.41, 5.74) is 0. The zero-order chi connectivity index (χ0) is 16.4. The third kappa shape index (κ3) is 6.02. The zero-order valence-electron chi connectivity index (χ0n) is 16.8. The van der Waals surface area contributed by atoms with Gasteiger partial charge in [0.1, 0.15) is 0 Å². The summed E-state index contributed by atoms with van der Waals surface area (Å²) in [4.78, 5) is 0.